The summed E-state index contributed by atoms with van der Waals surface area (Å²) in [6, 6.07) is 56.8. The van der Waals surface area contributed by atoms with Gasteiger partial charge in [0.15, 0.2) is 0 Å². The summed E-state index contributed by atoms with van der Waals surface area (Å²) in [7, 11) is 0. The van der Waals surface area contributed by atoms with Gasteiger partial charge in [0.1, 0.15) is 0 Å². The summed E-state index contributed by atoms with van der Waals surface area (Å²) in [6.45, 7) is 0. The number of hydrogen-bond donors (Lipinski definition) is 0. The lowest BCUT2D eigenvalue weighted by molar-refractivity contribution is 1.01. The van der Waals surface area contributed by atoms with Gasteiger partial charge in [-0.1, -0.05) is 121 Å². The molecule has 50 heavy (non-hydrogen) atoms. The minimum Gasteiger partial charge on any atom is -0.308 e. The summed E-state index contributed by atoms with van der Waals surface area (Å²) >= 11 is 0. The number of hydrogen-bond acceptors (Lipinski definition) is 2. The van der Waals surface area contributed by atoms with Crippen molar-refractivity contribution in [3.63, 3.8) is 0 Å². The summed E-state index contributed by atoms with van der Waals surface area (Å²) in [5.74, 6) is 0.671. The molecule has 4 nitrogen and oxygen atoms in total. The van der Waals surface area contributed by atoms with Gasteiger partial charge in [-0.05, 0) is 57.9 Å². The molecule has 0 aliphatic rings. The molecule has 230 valence electrons. The number of aromatic nitrogens is 4. The van der Waals surface area contributed by atoms with E-state index in [1.54, 1.807) is 0 Å². The van der Waals surface area contributed by atoms with Crippen LogP contribution in [0.3, 0.4) is 0 Å². The molecule has 0 bridgehead atoms. The van der Waals surface area contributed by atoms with E-state index in [-0.39, 0.29) is 0 Å². The quantitative estimate of drug-likeness (QED) is 0.190. The van der Waals surface area contributed by atoms with Gasteiger partial charge < -0.3 is 4.40 Å². The molecule has 0 aliphatic heterocycles. The van der Waals surface area contributed by atoms with Gasteiger partial charge in [-0.25, -0.2) is 9.97 Å². The van der Waals surface area contributed by atoms with Crippen molar-refractivity contribution in [1.82, 2.24) is 18.9 Å². The van der Waals surface area contributed by atoms with Gasteiger partial charge in [-0.15, -0.1) is 0 Å². The maximum atomic E-state index is 5.49. The summed E-state index contributed by atoms with van der Waals surface area (Å²) < 4.78 is 4.78. The van der Waals surface area contributed by atoms with Gasteiger partial charge in [0.25, 0.3) is 0 Å². The summed E-state index contributed by atoms with van der Waals surface area (Å²) in [6.07, 6.45) is 0. The third kappa shape index (κ3) is 3.30. The Kier molecular flexibility index (Phi) is 4.94. The zero-order valence-corrected chi connectivity index (χ0v) is 26.8. The van der Waals surface area contributed by atoms with Crippen LogP contribution < -0.4 is 0 Å². The van der Waals surface area contributed by atoms with E-state index in [9.17, 15) is 0 Å². The highest BCUT2D eigenvalue weighted by Gasteiger charge is 2.25. The van der Waals surface area contributed by atoms with E-state index in [0.29, 0.717) is 5.95 Å². The molecule has 0 saturated heterocycles. The SMILES string of the molecule is c1ccc2cc3c(cc2c1)c1cc2c(c4ccccc4n2-c2nc(-c4cccc5ccccc45)c4ccccc4n2)c2c4ccccc4n3c12. The third-order valence-corrected chi connectivity index (χ3v) is 10.8. The van der Waals surface area contributed by atoms with Gasteiger partial charge in [0.05, 0.1) is 38.8 Å². The van der Waals surface area contributed by atoms with E-state index in [2.05, 4.69) is 167 Å². The first-order chi connectivity index (χ1) is 24.8. The fourth-order valence-electron chi connectivity index (χ4n) is 8.71. The standard InChI is InChI=1S/C46H26N4/c1-2-14-29-25-40-35(24-28(29)13-1)36-26-41-42(43-34-19-7-9-22-38(34)49(40)45(36)43)33-18-6-10-23-39(33)50(41)46-47-37-21-8-5-17-32(37)44(48-46)31-20-11-15-27-12-3-4-16-30(27)31/h1-26H. The number of nitrogens with zero attached hydrogens (tertiary/aromatic N) is 4. The molecule has 0 amide bonds. The minimum atomic E-state index is 0.671. The van der Waals surface area contributed by atoms with Gasteiger partial charge >= 0.3 is 0 Å². The molecule has 0 radical (unpaired) electrons. The fourth-order valence-corrected chi connectivity index (χ4v) is 8.71. The number of rotatable bonds is 2. The normalized spacial score (nSPS) is 12.4. The first-order valence-electron chi connectivity index (χ1n) is 17.1. The molecule has 12 aromatic rings. The lowest BCUT2D eigenvalue weighted by atomic mass is 9.99. The van der Waals surface area contributed by atoms with Crippen molar-refractivity contribution >= 4 is 92.3 Å². The van der Waals surface area contributed by atoms with E-state index < -0.39 is 0 Å². The molecule has 12 rings (SSSR count). The Morgan fingerprint density at radius 2 is 1.02 bits per heavy atom. The predicted octanol–water partition coefficient (Wildman–Crippen LogP) is 11.9. The van der Waals surface area contributed by atoms with Crippen molar-refractivity contribution in [2.45, 2.75) is 0 Å². The van der Waals surface area contributed by atoms with Crippen LogP contribution in [0, 0.1) is 0 Å². The van der Waals surface area contributed by atoms with Crippen molar-refractivity contribution in [3.05, 3.63) is 158 Å². The molecule has 0 unspecified atom stereocenters. The van der Waals surface area contributed by atoms with Gasteiger partial charge in [-0.2, -0.15) is 0 Å². The second-order valence-electron chi connectivity index (χ2n) is 13.4. The maximum Gasteiger partial charge on any atom is 0.235 e. The Balaban J connectivity index is 1.29. The molecule has 0 saturated carbocycles. The molecule has 8 aromatic carbocycles. The first-order valence-corrected chi connectivity index (χ1v) is 17.1. The van der Waals surface area contributed by atoms with E-state index in [4.69, 9.17) is 9.97 Å². The van der Waals surface area contributed by atoms with Crippen molar-refractivity contribution in [2.75, 3.05) is 0 Å². The van der Waals surface area contributed by atoms with E-state index in [0.717, 1.165) is 33.2 Å². The largest absolute Gasteiger partial charge is 0.308 e. The third-order valence-electron chi connectivity index (χ3n) is 10.8. The highest BCUT2D eigenvalue weighted by atomic mass is 15.2. The maximum absolute atomic E-state index is 5.49. The highest BCUT2D eigenvalue weighted by molar-refractivity contribution is 6.36. The number of fused-ring (bicyclic) bond motifs is 13. The molecule has 0 N–H and O–H groups in total. The molecular weight excluding hydrogens is 609 g/mol. The van der Waals surface area contributed by atoms with E-state index in [1.807, 2.05) is 0 Å². The number of benzene rings is 8. The Bertz CT molecular complexity index is 3380. The smallest absolute Gasteiger partial charge is 0.235 e. The average Bonchev–Trinajstić information content (AvgIpc) is 3.80. The highest BCUT2D eigenvalue weighted by Crippen LogP contribution is 2.47. The summed E-state index contributed by atoms with van der Waals surface area (Å²) in [5.41, 5.74) is 8.89. The van der Waals surface area contributed by atoms with Crippen LogP contribution in [0.2, 0.25) is 0 Å². The van der Waals surface area contributed by atoms with Crippen LogP contribution in [0.15, 0.2) is 158 Å². The topological polar surface area (TPSA) is 35.1 Å². The van der Waals surface area contributed by atoms with Crippen LogP contribution in [-0.4, -0.2) is 18.9 Å². The van der Waals surface area contributed by atoms with E-state index >= 15 is 0 Å². The lowest BCUT2D eigenvalue weighted by Gasteiger charge is -2.13. The van der Waals surface area contributed by atoms with E-state index in [1.165, 1.54) is 70.4 Å². The molecule has 4 aromatic heterocycles. The summed E-state index contributed by atoms with van der Waals surface area (Å²) in [5, 5.41) is 13.4. The second kappa shape index (κ2) is 9.43. The Labute approximate surface area is 285 Å². The average molecular weight is 635 g/mol. The molecule has 0 spiro atoms. The van der Waals surface area contributed by atoms with Crippen LogP contribution in [0.5, 0.6) is 0 Å². The van der Waals surface area contributed by atoms with Crippen molar-refractivity contribution < 1.29 is 0 Å². The van der Waals surface area contributed by atoms with Gasteiger partial charge in [0.2, 0.25) is 5.95 Å². The monoisotopic (exact) mass is 634 g/mol. The van der Waals surface area contributed by atoms with Gasteiger partial charge in [-0.3, -0.25) is 4.57 Å². The predicted molar refractivity (Wildman–Crippen MR) is 209 cm³/mol. The van der Waals surface area contributed by atoms with Crippen molar-refractivity contribution in [3.8, 4) is 17.2 Å². The molecule has 0 atom stereocenters. The Morgan fingerprint density at radius 1 is 0.380 bits per heavy atom. The van der Waals surface area contributed by atoms with Gasteiger partial charge in [0, 0.05) is 43.3 Å². The van der Waals surface area contributed by atoms with Crippen LogP contribution in [0.4, 0.5) is 0 Å². The molecule has 4 heteroatoms. The summed E-state index contributed by atoms with van der Waals surface area (Å²) in [4.78, 5) is 10.8. The number of para-hydroxylation sites is 3. The molecule has 4 heterocycles. The van der Waals surface area contributed by atoms with Crippen LogP contribution in [-0.2, 0) is 0 Å². The van der Waals surface area contributed by atoms with Crippen molar-refractivity contribution in [1.29, 1.82) is 0 Å². The molecule has 0 aliphatic carbocycles. The second-order valence-corrected chi connectivity index (χ2v) is 13.4. The molecule has 0 fully saturated rings. The Morgan fingerprint density at radius 3 is 1.86 bits per heavy atom. The van der Waals surface area contributed by atoms with Crippen LogP contribution in [0.25, 0.3) is 110 Å². The van der Waals surface area contributed by atoms with Crippen LogP contribution in [0.1, 0.15) is 0 Å². The molecular formula is C46H26N4. The van der Waals surface area contributed by atoms with Crippen molar-refractivity contribution in [2.24, 2.45) is 0 Å². The van der Waals surface area contributed by atoms with Crippen LogP contribution >= 0.6 is 0 Å². The zero-order valence-electron chi connectivity index (χ0n) is 26.8. The fraction of sp³-hybridized carbons (Fsp3) is 0. The first kappa shape index (κ1) is 26.2. The lowest BCUT2D eigenvalue weighted by Crippen LogP contribution is -2.03. The minimum absolute atomic E-state index is 0.671. The Hall–Kier alpha value is -6.78. The zero-order chi connectivity index (χ0) is 32.5.